The number of nitrogens with two attached hydrogens (primary N) is 1. The summed E-state index contributed by atoms with van der Waals surface area (Å²) in [6.07, 6.45) is -5.71. The van der Waals surface area contributed by atoms with Gasteiger partial charge in [-0.3, -0.25) is 4.79 Å². The lowest BCUT2D eigenvalue weighted by Crippen LogP contribution is -2.37. The van der Waals surface area contributed by atoms with Crippen LogP contribution in [0.5, 0.6) is 0 Å². The van der Waals surface area contributed by atoms with E-state index >= 15 is 0 Å². The minimum Gasteiger partial charge on any atom is -0.394 e. The van der Waals surface area contributed by atoms with Gasteiger partial charge in [0.15, 0.2) is 11.7 Å². The summed E-state index contributed by atoms with van der Waals surface area (Å²) in [6.45, 7) is -0.616. The van der Waals surface area contributed by atoms with Crippen molar-refractivity contribution in [3.8, 4) is 0 Å². The van der Waals surface area contributed by atoms with Gasteiger partial charge in [-0.1, -0.05) is 5.21 Å². The summed E-state index contributed by atoms with van der Waals surface area (Å²) < 4.78 is 6.40. The van der Waals surface area contributed by atoms with E-state index in [0.29, 0.717) is 9.36 Å². The first-order valence-corrected chi connectivity index (χ1v) is 7.13. The van der Waals surface area contributed by atoms with Crippen LogP contribution in [0.1, 0.15) is 6.23 Å². The molecule has 5 N–H and O–H groups in total. The van der Waals surface area contributed by atoms with Crippen LogP contribution in [0.25, 0.3) is 11.0 Å². The van der Waals surface area contributed by atoms with Crippen molar-refractivity contribution in [1.82, 2.24) is 24.8 Å². The minimum absolute atomic E-state index is 0.438. The Morgan fingerprint density at radius 1 is 1.44 bits per heavy atom. The van der Waals surface area contributed by atoms with E-state index in [-0.39, 0.29) is 0 Å². The summed E-state index contributed by atoms with van der Waals surface area (Å²) in [5.74, 6) is -0.777. The van der Waals surface area contributed by atoms with Crippen molar-refractivity contribution in [2.75, 3.05) is 6.61 Å². The molecule has 1 saturated heterocycles. The summed E-state index contributed by atoms with van der Waals surface area (Å²) >= 11 is 4.71. The molecule has 15 heteroatoms. The van der Waals surface area contributed by atoms with E-state index in [1.165, 1.54) is 0 Å². The highest BCUT2D eigenvalue weighted by atomic mass is 32.1. The third kappa shape index (κ3) is 2.53. The highest BCUT2D eigenvalue weighted by Crippen LogP contribution is 2.28. The van der Waals surface area contributed by atoms with E-state index in [0.717, 1.165) is 0 Å². The number of thiocarbonyl (C=S) groups is 1. The number of aliphatic hydroxyl groups is 3. The molecule has 2 aromatic heterocycles. The largest absolute Gasteiger partial charge is 0.419 e. The Morgan fingerprint density at radius 2 is 2.12 bits per heavy atom. The van der Waals surface area contributed by atoms with Crippen molar-refractivity contribution in [3.63, 3.8) is 0 Å². The lowest BCUT2D eigenvalue weighted by molar-refractivity contribution is -0.388. The van der Waals surface area contributed by atoms with Crippen LogP contribution in [-0.4, -0.2) is 75.0 Å². The first kappa shape index (κ1) is 17.2. The van der Waals surface area contributed by atoms with E-state index in [2.05, 4.69) is 15.4 Å². The van der Waals surface area contributed by atoms with Gasteiger partial charge in [-0.2, -0.15) is 4.68 Å². The lowest BCUT2D eigenvalue weighted by atomic mass is 10.1. The molecule has 1 aliphatic rings. The molecule has 25 heavy (non-hydrogen) atoms. The molecule has 0 radical (unpaired) electrons. The van der Waals surface area contributed by atoms with Gasteiger partial charge in [-0.25, -0.2) is 0 Å². The van der Waals surface area contributed by atoms with Crippen LogP contribution in [0.3, 0.4) is 0 Å². The molecule has 0 aliphatic carbocycles. The van der Waals surface area contributed by atoms with Crippen LogP contribution in [0.15, 0.2) is 4.79 Å². The van der Waals surface area contributed by atoms with Crippen LogP contribution in [-0.2, 0) is 4.74 Å². The second-order valence-electron chi connectivity index (χ2n) is 5.10. The Hall–Kier alpha value is -2.59. The monoisotopic (exact) mass is 373 g/mol. The Morgan fingerprint density at radius 3 is 2.64 bits per heavy atom. The number of hydrogen-bond acceptors (Lipinski definition) is 11. The molecule has 3 rings (SSSR count). The van der Waals surface area contributed by atoms with Gasteiger partial charge in [-0.05, 0) is 17.1 Å². The maximum Gasteiger partial charge on any atom is 0.419 e. The van der Waals surface area contributed by atoms with Crippen LogP contribution in [0, 0.1) is 10.1 Å². The van der Waals surface area contributed by atoms with E-state index in [4.69, 9.17) is 27.8 Å². The first-order valence-electron chi connectivity index (χ1n) is 6.72. The molecule has 1 fully saturated rings. The highest BCUT2D eigenvalue weighted by molar-refractivity contribution is 7.80. The molecular formula is C10H11N7O7S. The Labute approximate surface area is 142 Å². The van der Waals surface area contributed by atoms with E-state index in [9.17, 15) is 25.1 Å². The molecule has 14 nitrogen and oxygen atoms in total. The zero-order valence-electron chi connectivity index (χ0n) is 12.2. The zero-order valence-corrected chi connectivity index (χ0v) is 13.0. The standard InChI is InChI=1S/C10H11N7O7S/c11-10(25)15-4-3(7(13-15)17(22)23)12-14-16(8(4)21)9-6(20)5(19)2(1-18)24-9/h2,5-6,9,18-20H,1H2,(H2,11,25). The SMILES string of the molecule is NC(=S)n1nc([N+](=O)[O-])c2nnn(C3OC(CO)C(O)C3O)c(=O)c21. The average Bonchev–Trinajstić information content (AvgIpc) is 3.08. The zero-order chi connectivity index (χ0) is 18.5. The Bertz CT molecular complexity index is 926. The second kappa shape index (κ2) is 6.05. The second-order valence-corrected chi connectivity index (χ2v) is 5.51. The minimum atomic E-state index is -1.60. The summed E-state index contributed by atoms with van der Waals surface area (Å²) in [7, 11) is 0. The predicted molar refractivity (Wildman–Crippen MR) is 81.4 cm³/mol. The average molecular weight is 373 g/mol. The van der Waals surface area contributed by atoms with Gasteiger partial charge in [0.1, 0.15) is 18.3 Å². The van der Waals surface area contributed by atoms with Gasteiger partial charge in [-0.15, -0.1) is 9.78 Å². The van der Waals surface area contributed by atoms with Crippen molar-refractivity contribution in [2.45, 2.75) is 24.5 Å². The predicted octanol–water partition coefficient (Wildman–Crippen LogP) is -3.40. The summed E-state index contributed by atoms with van der Waals surface area (Å²) in [4.78, 5) is 22.8. The number of nitro groups is 1. The van der Waals surface area contributed by atoms with E-state index < -0.39 is 63.6 Å². The highest BCUT2D eigenvalue weighted by Gasteiger charge is 2.45. The molecule has 1 aliphatic heterocycles. The Kier molecular flexibility index (Phi) is 4.17. The van der Waals surface area contributed by atoms with Crippen molar-refractivity contribution in [2.24, 2.45) is 5.73 Å². The van der Waals surface area contributed by atoms with Gasteiger partial charge in [0, 0.05) is 0 Å². The van der Waals surface area contributed by atoms with Crippen LogP contribution >= 0.6 is 12.2 Å². The molecule has 134 valence electrons. The molecular weight excluding hydrogens is 362 g/mol. The fourth-order valence-electron chi connectivity index (χ4n) is 2.46. The van der Waals surface area contributed by atoms with Crippen molar-refractivity contribution >= 4 is 34.2 Å². The molecule has 0 aromatic carbocycles. The van der Waals surface area contributed by atoms with Gasteiger partial charge < -0.3 is 35.9 Å². The summed E-state index contributed by atoms with van der Waals surface area (Å²) in [5.41, 5.74) is 3.53. The number of ether oxygens (including phenoxy) is 1. The normalized spacial score (nSPS) is 26.2. The quantitative estimate of drug-likeness (QED) is 0.236. The molecule has 0 spiro atoms. The third-order valence-corrected chi connectivity index (χ3v) is 3.81. The number of nitrogens with zero attached hydrogens (tertiary/aromatic N) is 6. The molecule has 4 unspecified atom stereocenters. The van der Waals surface area contributed by atoms with Crippen molar-refractivity contribution in [3.05, 3.63) is 20.5 Å². The van der Waals surface area contributed by atoms with Gasteiger partial charge in [0.25, 0.3) is 0 Å². The number of aromatic nitrogens is 5. The van der Waals surface area contributed by atoms with Gasteiger partial charge in [0.2, 0.25) is 10.6 Å². The molecule has 0 amide bonds. The van der Waals surface area contributed by atoms with Crippen LogP contribution in [0.4, 0.5) is 5.82 Å². The third-order valence-electron chi connectivity index (χ3n) is 3.63. The molecule has 2 aromatic rings. The summed E-state index contributed by atoms with van der Waals surface area (Å²) in [5, 5.41) is 50.0. The number of fused-ring (bicyclic) bond motifs is 1. The first-order chi connectivity index (χ1) is 11.8. The van der Waals surface area contributed by atoms with Crippen LogP contribution < -0.4 is 11.3 Å². The fraction of sp³-hybridized carbons (Fsp3) is 0.500. The lowest BCUT2D eigenvalue weighted by Gasteiger charge is -2.15. The topological polar surface area (TPSA) is 205 Å². The molecule has 3 heterocycles. The number of hydrogen-bond donors (Lipinski definition) is 4. The van der Waals surface area contributed by atoms with Crippen molar-refractivity contribution in [1.29, 1.82) is 0 Å². The number of aliphatic hydroxyl groups excluding tert-OH is 3. The maximum atomic E-state index is 12.7. The van der Waals surface area contributed by atoms with Crippen molar-refractivity contribution < 1.29 is 25.0 Å². The van der Waals surface area contributed by atoms with Gasteiger partial charge in [0.05, 0.1) is 11.7 Å². The van der Waals surface area contributed by atoms with E-state index in [1.807, 2.05) is 0 Å². The summed E-state index contributed by atoms with van der Waals surface area (Å²) in [6, 6.07) is 0. The van der Waals surface area contributed by atoms with E-state index in [1.54, 1.807) is 0 Å². The Balaban J connectivity index is 2.21. The van der Waals surface area contributed by atoms with Crippen LogP contribution in [0.2, 0.25) is 0 Å². The number of rotatable bonds is 3. The smallest absolute Gasteiger partial charge is 0.394 e. The van der Waals surface area contributed by atoms with Gasteiger partial charge >= 0.3 is 11.4 Å². The molecule has 0 saturated carbocycles. The maximum absolute atomic E-state index is 12.7. The molecule has 0 bridgehead atoms. The fourth-order valence-corrected chi connectivity index (χ4v) is 2.59. The molecule has 4 atom stereocenters.